The number of halogens is 1. The maximum Gasteiger partial charge on any atom is 0.264 e. The number of nitrogens with zero attached hydrogens (tertiary/aromatic N) is 4. The number of anilines is 1. The molecule has 1 saturated carbocycles. The minimum atomic E-state index is -4.04. The van der Waals surface area contributed by atoms with Crippen molar-refractivity contribution in [3.63, 3.8) is 0 Å². The van der Waals surface area contributed by atoms with Gasteiger partial charge in [-0.05, 0) is 70.2 Å². The van der Waals surface area contributed by atoms with Gasteiger partial charge in [0.1, 0.15) is 17.7 Å². The number of hydrogen-bond donors (Lipinski definition) is 1. The third kappa shape index (κ3) is 5.87. The van der Waals surface area contributed by atoms with Crippen LogP contribution in [0.15, 0.2) is 59.2 Å². The van der Waals surface area contributed by atoms with Gasteiger partial charge in [-0.15, -0.1) is 11.3 Å². The number of hydrogen-bond acceptors (Lipinski definition) is 8. The van der Waals surface area contributed by atoms with Crippen molar-refractivity contribution in [1.29, 1.82) is 0 Å². The number of pyridine rings is 1. The lowest BCUT2D eigenvalue weighted by atomic mass is 10.0. The third-order valence-electron chi connectivity index (χ3n) is 8.65. The summed E-state index contributed by atoms with van der Waals surface area (Å²) in [7, 11) is -4.04. The van der Waals surface area contributed by atoms with E-state index in [4.69, 9.17) is 26.1 Å². The van der Waals surface area contributed by atoms with E-state index >= 15 is 0 Å². The molecule has 3 aromatic heterocycles. The molecule has 45 heavy (non-hydrogen) atoms. The molecule has 1 aromatic carbocycles. The van der Waals surface area contributed by atoms with Gasteiger partial charge in [-0.3, -0.25) is 9.10 Å². The number of ether oxygens (including phenoxy) is 2. The van der Waals surface area contributed by atoms with Crippen molar-refractivity contribution >= 4 is 55.7 Å². The van der Waals surface area contributed by atoms with Crippen molar-refractivity contribution < 1.29 is 22.7 Å². The molecule has 1 amide bonds. The van der Waals surface area contributed by atoms with E-state index in [9.17, 15) is 13.2 Å². The van der Waals surface area contributed by atoms with Crippen LogP contribution in [0.5, 0.6) is 0 Å². The zero-order valence-corrected chi connectivity index (χ0v) is 28.3. The van der Waals surface area contributed by atoms with Gasteiger partial charge < -0.3 is 19.4 Å². The van der Waals surface area contributed by atoms with Gasteiger partial charge in [-0.25, -0.2) is 18.4 Å². The number of carbonyl (C=O) groups is 1. The lowest BCUT2D eigenvalue weighted by Gasteiger charge is -2.32. The predicted octanol–water partition coefficient (Wildman–Crippen LogP) is 5.89. The van der Waals surface area contributed by atoms with Gasteiger partial charge in [-0.2, -0.15) is 0 Å². The molecule has 13 heteroatoms. The smallest absolute Gasteiger partial charge is 0.264 e. The van der Waals surface area contributed by atoms with Gasteiger partial charge in [-0.1, -0.05) is 36.2 Å². The summed E-state index contributed by atoms with van der Waals surface area (Å²) in [6.07, 6.45) is 3.87. The zero-order chi connectivity index (χ0) is 32.1. The average molecular weight is 672 g/mol. The molecule has 1 N–H and O–H groups in total. The number of aromatic nitrogens is 3. The standard InChI is InChI=1S/C32H38ClN5O5S2/c1-6-20(16-26-23(33)13-15-44-26)38(45(40,41)21-10-8-19(3)9-11-21)24-12-14-35-30-27(24)36-18-37(30)25-17-22(31(39)34-7-2)28-29(25)43-32(4,5)42-28/h8-15,18,20,22,25,28-29H,6-7,16-17H2,1-5H3,(H,34,39)/t20?,22-,25+,28+,29-/m0/s1. The molecule has 4 heterocycles. The second-order valence-corrected chi connectivity index (χ2v) is 15.3. The van der Waals surface area contributed by atoms with Crippen molar-refractivity contribution in [2.24, 2.45) is 5.92 Å². The van der Waals surface area contributed by atoms with E-state index in [1.807, 2.05) is 50.6 Å². The minimum Gasteiger partial charge on any atom is -0.356 e. The molecular weight excluding hydrogens is 634 g/mol. The molecule has 0 spiro atoms. The van der Waals surface area contributed by atoms with Gasteiger partial charge in [0.2, 0.25) is 5.91 Å². The van der Waals surface area contributed by atoms with E-state index in [2.05, 4.69) is 10.3 Å². The Kier molecular flexibility index (Phi) is 8.72. The average Bonchev–Trinajstić information content (AvgIpc) is 3.76. The molecule has 0 bridgehead atoms. The first-order valence-electron chi connectivity index (χ1n) is 15.2. The number of benzene rings is 1. The van der Waals surface area contributed by atoms with Crippen molar-refractivity contribution in [2.75, 3.05) is 10.8 Å². The summed E-state index contributed by atoms with van der Waals surface area (Å²) in [6.45, 7) is 9.99. The Bertz CT molecular complexity index is 1810. The molecule has 0 radical (unpaired) electrons. The highest BCUT2D eigenvalue weighted by Gasteiger charge is 2.57. The molecule has 1 aliphatic carbocycles. The molecule has 10 nitrogen and oxygen atoms in total. The van der Waals surface area contributed by atoms with Crippen LogP contribution in [0.4, 0.5) is 5.69 Å². The van der Waals surface area contributed by atoms with E-state index in [1.165, 1.54) is 15.6 Å². The number of nitrogens with one attached hydrogen (secondary N) is 1. The number of sulfonamides is 1. The van der Waals surface area contributed by atoms with Crippen LogP contribution in [0.25, 0.3) is 11.2 Å². The molecule has 2 aliphatic rings. The van der Waals surface area contributed by atoms with Gasteiger partial charge in [0, 0.05) is 24.0 Å². The van der Waals surface area contributed by atoms with E-state index in [1.54, 1.807) is 42.9 Å². The first kappa shape index (κ1) is 31.9. The second kappa shape index (κ2) is 12.3. The minimum absolute atomic E-state index is 0.0808. The topological polar surface area (TPSA) is 116 Å². The lowest BCUT2D eigenvalue weighted by Crippen LogP contribution is -2.41. The van der Waals surface area contributed by atoms with Crippen LogP contribution < -0.4 is 9.62 Å². The number of imidazole rings is 1. The van der Waals surface area contributed by atoms with Crippen molar-refractivity contribution in [3.05, 3.63) is 69.8 Å². The van der Waals surface area contributed by atoms with Gasteiger partial charge >= 0.3 is 0 Å². The monoisotopic (exact) mass is 671 g/mol. The molecule has 1 saturated heterocycles. The number of rotatable bonds is 10. The van der Waals surface area contributed by atoms with Crippen molar-refractivity contribution in [1.82, 2.24) is 19.9 Å². The Labute approximate surface area is 272 Å². The van der Waals surface area contributed by atoms with Gasteiger partial charge in [0.15, 0.2) is 11.4 Å². The quantitative estimate of drug-likeness (QED) is 0.224. The Hall–Kier alpha value is -3.03. The van der Waals surface area contributed by atoms with E-state index in [0.29, 0.717) is 47.7 Å². The predicted molar refractivity (Wildman–Crippen MR) is 175 cm³/mol. The summed E-state index contributed by atoms with van der Waals surface area (Å²) >= 11 is 8.00. The maximum atomic E-state index is 14.5. The highest BCUT2D eigenvalue weighted by Crippen LogP contribution is 2.48. The fourth-order valence-electron chi connectivity index (χ4n) is 6.55. The Morgan fingerprint density at radius 2 is 1.89 bits per heavy atom. The van der Waals surface area contributed by atoms with Crippen LogP contribution in [0.1, 0.15) is 57.0 Å². The molecule has 1 unspecified atom stereocenters. The van der Waals surface area contributed by atoms with E-state index in [0.717, 1.165) is 10.4 Å². The highest BCUT2D eigenvalue weighted by molar-refractivity contribution is 7.92. The van der Waals surface area contributed by atoms with E-state index in [-0.39, 0.29) is 16.8 Å². The largest absolute Gasteiger partial charge is 0.356 e. The summed E-state index contributed by atoms with van der Waals surface area (Å²) in [5.41, 5.74) is 2.34. The summed E-state index contributed by atoms with van der Waals surface area (Å²) in [5, 5.41) is 5.47. The van der Waals surface area contributed by atoms with Gasteiger partial charge in [0.25, 0.3) is 10.0 Å². The first-order valence-corrected chi connectivity index (χ1v) is 17.9. The van der Waals surface area contributed by atoms with Crippen LogP contribution in [-0.2, 0) is 30.7 Å². The fourth-order valence-corrected chi connectivity index (χ4v) is 9.47. The second-order valence-electron chi connectivity index (χ2n) is 12.1. The molecule has 1 aliphatic heterocycles. The molecule has 6 rings (SSSR count). The van der Waals surface area contributed by atoms with E-state index < -0.39 is 40.0 Å². The summed E-state index contributed by atoms with van der Waals surface area (Å²) in [5.74, 6) is -1.35. The third-order valence-corrected chi connectivity index (χ3v) is 11.9. The van der Waals surface area contributed by atoms with Crippen LogP contribution in [0, 0.1) is 12.8 Å². The summed E-state index contributed by atoms with van der Waals surface area (Å²) < 4.78 is 45.0. The molecule has 240 valence electrons. The van der Waals surface area contributed by atoms with Gasteiger partial charge in [0.05, 0.1) is 39.9 Å². The van der Waals surface area contributed by atoms with Crippen LogP contribution in [-0.4, -0.2) is 59.4 Å². The summed E-state index contributed by atoms with van der Waals surface area (Å²) in [4.78, 5) is 23.6. The van der Waals surface area contributed by atoms with Crippen molar-refractivity contribution in [2.45, 2.75) is 88.9 Å². The maximum absolute atomic E-state index is 14.5. The number of carbonyl (C=O) groups excluding carboxylic acids is 1. The molecule has 2 fully saturated rings. The molecule has 5 atom stereocenters. The zero-order valence-electron chi connectivity index (χ0n) is 25.9. The lowest BCUT2D eigenvalue weighted by molar-refractivity contribution is -0.163. The fraction of sp³-hybridized carbons (Fsp3) is 0.469. The molecule has 4 aromatic rings. The highest BCUT2D eigenvalue weighted by atomic mass is 35.5. The first-order chi connectivity index (χ1) is 21.4. The van der Waals surface area contributed by atoms with Crippen molar-refractivity contribution in [3.8, 4) is 0 Å². The normalized spacial score (nSPS) is 23.2. The Morgan fingerprint density at radius 3 is 2.56 bits per heavy atom. The number of amides is 1. The Balaban J connectivity index is 1.46. The van der Waals surface area contributed by atoms with Crippen LogP contribution in [0.2, 0.25) is 5.02 Å². The molecular formula is C32H38ClN5O5S2. The number of fused-ring (bicyclic) bond motifs is 2. The number of aryl methyl sites for hydroxylation is 1. The Morgan fingerprint density at radius 1 is 1.16 bits per heavy atom. The van der Waals surface area contributed by atoms with Crippen LogP contribution in [0.3, 0.4) is 0 Å². The summed E-state index contributed by atoms with van der Waals surface area (Å²) in [6, 6.07) is 9.66. The number of thiophene rings is 1. The van der Waals surface area contributed by atoms with Crippen LogP contribution >= 0.6 is 22.9 Å². The SMILES string of the molecule is CCNC(=O)[C@H]1C[C@@H](n2cnc3c(N(C(CC)Cc4sccc4Cl)S(=O)(=O)c4ccc(C)cc4)ccnc32)[C@@H]2OC(C)(C)O[C@@H]21.